The van der Waals surface area contributed by atoms with Crippen molar-refractivity contribution in [3.63, 3.8) is 0 Å². The Bertz CT molecular complexity index is 1440. The molecule has 0 saturated carbocycles. The van der Waals surface area contributed by atoms with E-state index in [0.717, 1.165) is 0 Å². The zero-order chi connectivity index (χ0) is 22.2. The highest BCUT2D eigenvalue weighted by Gasteiger charge is 2.21. The quantitative estimate of drug-likeness (QED) is 0.468. The average Bonchev–Trinajstić information content (AvgIpc) is 3.10. The molecule has 0 N–H and O–H groups in total. The molecule has 3 aromatic carbocycles. The first-order valence-corrected chi connectivity index (χ1v) is 11.5. The van der Waals surface area contributed by atoms with Crippen molar-refractivity contribution < 1.29 is 17.6 Å². The van der Waals surface area contributed by atoms with Gasteiger partial charge in [-0.1, -0.05) is 35.6 Å². The number of benzene rings is 3. The van der Waals surface area contributed by atoms with E-state index in [0.29, 0.717) is 20.7 Å². The van der Waals surface area contributed by atoms with Crippen LogP contribution in [0.2, 0.25) is 0 Å². The number of anilines is 1. The predicted molar refractivity (Wildman–Crippen MR) is 119 cm³/mol. The van der Waals surface area contributed by atoms with E-state index in [-0.39, 0.29) is 16.3 Å². The molecule has 4 rings (SSSR count). The summed E-state index contributed by atoms with van der Waals surface area (Å²) < 4.78 is 43.2. The molecule has 0 unspecified atom stereocenters. The summed E-state index contributed by atoms with van der Waals surface area (Å²) in [5, 5.41) is 0. The van der Waals surface area contributed by atoms with E-state index >= 15 is 0 Å². The molecule has 0 fully saturated rings. The highest BCUT2D eigenvalue weighted by molar-refractivity contribution is 7.92. The van der Waals surface area contributed by atoms with Crippen LogP contribution in [0, 0.1) is 5.82 Å². The first kappa shape index (κ1) is 21.0. The van der Waals surface area contributed by atoms with Crippen LogP contribution in [-0.2, 0) is 17.1 Å². The van der Waals surface area contributed by atoms with E-state index in [1.54, 1.807) is 49.5 Å². The van der Waals surface area contributed by atoms with Gasteiger partial charge in [-0.25, -0.2) is 12.8 Å². The molecule has 0 saturated heterocycles. The van der Waals surface area contributed by atoms with Gasteiger partial charge in [0.25, 0.3) is 15.9 Å². The number of rotatable bonds is 4. The molecule has 158 valence electrons. The summed E-state index contributed by atoms with van der Waals surface area (Å²) in [6.07, 6.45) is 0. The summed E-state index contributed by atoms with van der Waals surface area (Å²) in [6, 6.07) is 19.0. The van der Waals surface area contributed by atoms with Crippen LogP contribution in [0.1, 0.15) is 10.4 Å². The topological polar surface area (TPSA) is 71.7 Å². The van der Waals surface area contributed by atoms with Crippen LogP contribution < -0.4 is 9.11 Å². The molecular weight excluding hydrogens is 437 g/mol. The maximum atomic E-state index is 14.1. The van der Waals surface area contributed by atoms with Gasteiger partial charge in [0.15, 0.2) is 4.80 Å². The van der Waals surface area contributed by atoms with Crippen molar-refractivity contribution in [3.05, 3.63) is 89.0 Å². The molecule has 1 heterocycles. The van der Waals surface area contributed by atoms with Crippen LogP contribution in [0.25, 0.3) is 10.2 Å². The summed E-state index contributed by atoms with van der Waals surface area (Å²) in [7, 11) is -0.661. The van der Waals surface area contributed by atoms with Gasteiger partial charge in [0.1, 0.15) is 5.82 Å². The molecule has 0 atom stereocenters. The highest BCUT2D eigenvalue weighted by atomic mass is 32.2. The van der Waals surface area contributed by atoms with E-state index in [1.807, 2.05) is 0 Å². The number of sulfonamides is 1. The minimum absolute atomic E-state index is 0.0601. The lowest BCUT2D eigenvalue weighted by molar-refractivity contribution is 0.0998. The second-order valence-corrected chi connectivity index (χ2v) is 9.76. The van der Waals surface area contributed by atoms with Gasteiger partial charge in [-0.2, -0.15) is 4.99 Å². The number of aromatic nitrogens is 1. The third-order valence-electron chi connectivity index (χ3n) is 4.85. The van der Waals surface area contributed by atoms with Crippen molar-refractivity contribution in [2.45, 2.75) is 4.90 Å². The maximum Gasteiger partial charge on any atom is 0.279 e. The molecule has 9 heteroatoms. The summed E-state index contributed by atoms with van der Waals surface area (Å²) in [5.74, 6) is -0.926. The van der Waals surface area contributed by atoms with Crippen molar-refractivity contribution in [2.24, 2.45) is 12.0 Å². The van der Waals surface area contributed by atoms with Gasteiger partial charge in [0.05, 0.1) is 20.8 Å². The summed E-state index contributed by atoms with van der Waals surface area (Å²) >= 11 is 1.20. The van der Waals surface area contributed by atoms with Gasteiger partial charge in [-0.05, 0) is 48.5 Å². The van der Waals surface area contributed by atoms with Gasteiger partial charge in [0.2, 0.25) is 0 Å². The fraction of sp³-hybridized carbons (Fsp3) is 0.0909. The second kappa shape index (κ2) is 8.09. The molecule has 4 aromatic rings. The number of thiazole rings is 1. The number of hydrogen-bond acceptors (Lipinski definition) is 4. The Morgan fingerprint density at radius 1 is 1.00 bits per heavy atom. The lowest BCUT2D eigenvalue weighted by Gasteiger charge is -2.19. The molecule has 0 aliphatic carbocycles. The predicted octanol–water partition coefficient (Wildman–Crippen LogP) is 3.95. The molecular formula is C22H18FN3O3S2. The summed E-state index contributed by atoms with van der Waals surface area (Å²) in [4.78, 5) is 17.1. The Morgan fingerprint density at radius 2 is 1.68 bits per heavy atom. The summed E-state index contributed by atoms with van der Waals surface area (Å²) in [6.45, 7) is 0. The van der Waals surface area contributed by atoms with E-state index < -0.39 is 15.9 Å². The first-order chi connectivity index (χ1) is 14.8. The minimum atomic E-state index is -3.77. The lowest BCUT2D eigenvalue weighted by Crippen LogP contribution is -2.26. The minimum Gasteiger partial charge on any atom is -0.317 e. The zero-order valence-electron chi connectivity index (χ0n) is 16.7. The van der Waals surface area contributed by atoms with E-state index in [1.165, 1.54) is 57.6 Å². The fourth-order valence-corrected chi connectivity index (χ4v) is 5.35. The van der Waals surface area contributed by atoms with E-state index in [9.17, 15) is 17.6 Å². The monoisotopic (exact) mass is 455 g/mol. The molecule has 0 aliphatic heterocycles. The third kappa shape index (κ3) is 3.89. The number of hydrogen-bond donors (Lipinski definition) is 0. The number of halogens is 1. The number of para-hydroxylation sites is 2. The summed E-state index contributed by atoms with van der Waals surface area (Å²) in [5.41, 5.74) is 1.14. The Hall–Kier alpha value is -3.30. The molecule has 0 bridgehead atoms. The van der Waals surface area contributed by atoms with Gasteiger partial charge in [-0.3, -0.25) is 9.10 Å². The third-order valence-corrected chi connectivity index (χ3v) is 7.75. The van der Waals surface area contributed by atoms with Crippen LogP contribution in [0.15, 0.2) is 82.7 Å². The molecule has 0 aliphatic rings. The van der Waals surface area contributed by atoms with E-state index in [4.69, 9.17) is 0 Å². The SMILES string of the molecule is CN(c1ccccc1)S(=O)(=O)c1ccc(C(=O)N=c2sc3cccc(F)c3n2C)cc1. The average molecular weight is 456 g/mol. The Kier molecular flexibility index (Phi) is 5.47. The number of carbonyl (C=O) groups excluding carboxylic acids is 1. The number of amides is 1. The van der Waals surface area contributed by atoms with Crippen LogP contribution in [0.5, 0.6) is 0 Å². The van der Waals surface area contributed by atoms with Crippen LogP contribution in [0.3, 0.4) is 0 Å². The van der Waals surface area contributed by atoms with E-state index in [2.05, 4.69) is 4.99 Å². The number of nitrogens with zero attached hydrogens (tertiary/aromatic N) is 3. The molecule has 1 amide bonds. The van der Waals surface area contributed by atoms with Crippen molar-refractivity contribution in [2.75, 3.05) is 11.4 Å². The number of fused-ring (bicyclic) bond motifs is 1. The zero-order valence-corrected chi connectivity index (χ0v) is 18.3. The highest BCUT2D eigenvalue weighted by Crippen LogP contribution is 2.22. The van der Waals surface area contributed by atoms with Gasteiger partial charge >= 0.3 is 0 Å². The largest absolute Gasteiger partial charge is 0.317 e. The Morgan fingerprint density at radius 3 is 2.32 bits per heavy atom. The van der Waals surface area contributed by atoms with Crippen molar-refractivity contribution in [1.82, 2.24) is 4.57 Å². The van der Waals surface area contributed by atoms with Crippen LogP contribution in [-0.4, -0.2) is 25.9 Å². The van der Waals surface area contributed by atoms with Crippen molar-refractivity contribution in [3.8, 4) is 0 Å². The van der Waals surface area contributed by atoms with Crippen LogP contribution >= 0.6 is 11.3 Å². The second-order valence-electron chi connectivity index (χ2n) is 6.78. The molecule has 0 radical (unpaired) electrons. The van der Waals surface area contributed by atoms with Gasteiger partial charge in [-0.15, -0.1) is 0 Å². The van der Waals surface area contributed by atoms with Gasteiger partial charge < -0.3 is 4.57 Å². The number of carbonyl (C=O) groups is 1. The van der Waals surface area contributed by atoms with Crippen molar-refractivity contribution in [1.29, 1.82) is 0 Å². The van der Waals surface area contributed by atoms with Crippen LogP contribution in [0.4, 0.5) is 10.1 Å². The maximum absolute atomic E-state index is 14.1. The lowest BCUT2D eigenvalue weighted by atomic mass is 10.2. The molecule has 31 heavy (non-hydrogen) atoms. The fourth-order valence-electron chi connectivity index (χ4n) is 3.12. The molecule has 6 nitrogen and oxygen atoms in total. The molecule has 1 aromatic heterocycles. The normalized spacial score (nSPS) is 12.3. The van der Waals surface area contributed by atoms with Crippen molar-refractivity contribution >= 4 is 43.2 Å². The number of aryl methyl sites for hydroxylation is 1. The Labute approximate surface area is 182 Å². The Balaban J connectivity index is 1.64. The smallest absolute Gasteiger partial charge is 0.279 e. The first-order valence-electron chi connectivity index (χ1n) is 9.26. The van der Waals surface area contributed by atoms with Gasteiger partial charge in [0, 0.05) is 19.7 Å². The molecule has 0 spiro atoms. The standard InChI is InChI=1S/C22H18FN3O3S2/c1-25-20-18(23)9-6-10-19(20)30-22(25)24-21(27)15-11-13-17(14-12-15)31(28,29)26(2)16-7-4-3-5-8-16/h3-14H,1-2H3.